The van der Waals surface area contributed by atoms with Crippen molar-refractivity contribution in [2.24, 2.45) is 11.7 Å². The van der Waals surface area contributed by atoms with E-state index >= 15 is 0 Å². The van der Waals surface area contributed by atoms with Gasteiger partial charge in [0.15, 0.2) is 0 Å². The Balaban J connectivity index is 1.77. The molecule has 0 aromatic carbocycles. The van der Waals surface area contributed by atoms with Crippen LogP contribution in [0.1, 0.15) is 32.1 Å². The van der Waals surface area contributed by atoms with Crippen LogP contribution in [0.4, 0.5) is 4.79 Å². The fraction of sp³-hybridized carbons (Fsp3) is 0.909. The number of hydrogen-bond donors (Lipinski definition) is 2. The molecule has 0 bridgehead atoms. The average molecular weight is 211 g/mol. The highest BCUT2D eigenvalue weighted by Crippen LogP contribution is 2.22. The third-order valence-electron chi connectivity index (χ3n) is 3.29. The van der Waals surface area contributed by atoms with Crippen LogP contribution in [0, 0.1) is 5.92 Å². The van der Waals surface area contributed by atoms with E-state index in [2.05, 4.69) is 5.32 Å². The summed E-state index contributed by atoms with van der Waals surface area (Å²) in [5.74, 6) is 0.619. The van der Waals surface area contributed by atoms with Gasteiger partial charge in [-0.1, -0.05) is 0 Å². The third kappa shape index (κ3) is 3.09. The van der Waals surface area contributed by atoms with Gasteiger partial charge in [-0.2, -0.15) is 0 Å². The van der Waals surface area contributed by atoms with Crippen LogP contribution in [0.25, 0.3) is 0 Å². The minimum absolute atomic E-state index is 0.138. The van der Waals surface area contributed by atoms with Crippen LogP contribution in [-0.4, -0.2) is 36.6 Å². The van der Waals surface area contributed by atoms with Gasteiger partial charge in [0.2, 0.25) is 0 Å². The summed E-state index contributed by atoms with van der Waals surface area (Å²) in [7, 11) is 0. The lowest BCUT2D eigenvalue weighted by Crippen LogP contribution is -2.46. The molecule has 1 atom stereocenters. The molecular weight excluding hydrogens is 190 g/mol. The Morgan fingerprint density at radius 1 is 1.40 bits per heavy atom. The van der Waals surface area contributed by atoms with E-state index in [1.807, 2.05) is 4.90 Å². The van der Waals surface area contributed by atoms with Crippen molar-refractivity contribution in [1.29, 1.82) is 0 Å². The second kappa shape index (κ2) is 4.84. The van der Waals surface area contributed by atoms with E-state index in [0.29, 0.717) is 12.0 Å². The predicted molar refractivity (Wildman–Crippen MR) is 59.5 cm³/mol. The van der Waals surface area contributed by atoms with Gasteiger partial charge < -0.3 is 16.0 Å². The van der Waals surface area contributed by atoms with E-state index in [4.69, 9.17) is 5.73 Å². The first-order chi connectivity index (χ1) is 7.29. The van der Waals surface area contributed by atoms with Gasteiger partial charge in [0, 0.05) is 19.1 Å². The standard InChI is InChI=1S/C11H21N3O/c12-6-5-9-2-1-7-14(8-9)11(15)13-10-3-4-10/h9-10H,1-8,12H2,(H,13,15). The molecule has 1 heterocycles. The van der Waals surface area contributed by atoms with E-state index in [1.165, 1.54) is 6.42 Å². The number of amides is 2. The van der Waals surface area contributed by atoms with Crippen molar-refractivity contribution in [2.75, 3.05) is 19.6 Å². The third-order valence-corrected chi connectivity index (χ3v) is 3.29. The summed E-state index contributed by atoms with van der Waals surface area (Å²) in [6.45, 7) is 2.55. The lowest BCUT2D eigenvalue weighted by atomic mass is 9.95. The predicted octanol–water partition coefficient (Wildman–Crippen LogP) is 0.919. The topological polar surface area (TPSA) is 58.4 Å². The number of rotatable bonds is 3. The van der Waals surface area contributed by atoms with Crippen LogP contribution in [-0.2, 0) is 0 Å². The molecule has 86 valence electrons. The van der Waals surface area contributed by atoms with E-state index < -0.39 is 0 Å². The van der Waals surface area contributed by atoms with Crippen molar-refractivity contribution < 1.29 is 4.79 Å². The number of carbonyl (C=O) groups is 1. The smallest absolute Gasteiger partial charge is 0.317 e. The van der Waals surface area contributed by atoms with Crippen molar-refractivity contribution >= 4 is 6.03 Å². The van der Waals surface area contributed by atoms with Gasteiger partial charge in [-0.05, 0) is 44.6 Å². The SMILES string of the molecule is NCCC1CCCN(C(=O)NC2CC2)C1. The van der Waals surface area contributed by atoms with Gasteiger partial charge in [0.25, 0.3) is 0 Å². The number of hydrogen-bond acceptors (Lipinski definition) is 2. The van der Waals surface area contributed by atoms with Gasteiger partial charge in [-0.3, -0.25) is 0 Å². The Hall–Kier alpha value is -0.770. The van der Waals surface area contributed by atoms with Crippen molar-refractivity contribution in [3.8, 4) is 0 Å². The van der Waals surface area contributed by atoms with Crippen LogP contribution < -0.4 is 11.1 Å². The molecule has 2 amide bonds. The Morgan fingerprint density at radius 2 is 2.20 bits per heavy atom. The minimum Gasteiger partial charge on any atom is -0.335 e. The number of nitrogens with two attached hydrogens (primary N) is 1. The molecule has 0 radical (unpaired) electrons. The highest BCUT2D eigenvalue weighted by Gasteiger charge is 2.28. The maximum atomic E-state index is 11.8. The van der Waals surface area contributed by atoms with Gasteiger partial charge in [-0.25, -0.2) is 4.79 Å². The zero-order valence-electron chi connectivity index (χ0n) is 9.24. The summed E-state index contributed by atoms with van der Waals surface area (Å²) in [6, 6.07) is 0.603. The lowest BCUT2D eigenvalue weighted by molar-refractivity contribution is 0.163. The molecule has 2 rings (SSSR count). The molecule has 4 nitrogen and oxygen atoms in total. The number of urea groups is 1. The van der Waals surface area contributed by atoms with Gasteiger partial charge in [0.1, 0.15) is 0 Å². The molecule has 4 heteroatoms. The van der Waals surface area contributed by atoms with E-state index in [0.717, 1.165) is 45.3 Å². The highest BCUT2D eigenvalue weighted by molar-refractivity contribution is 5.74. The van der Waals surface area contributed by atoms with Gasteiger partial charge in [0.05, 0.1) is 0 Å². The molecule has 1 aliphatic heterocycles. The normalized spacial score (nSPS) is 26.5. The first kappa shape index (κ1) is 10.7. The first-order valence-electron chi connectivity index (χ1n) is 6.05. The summed E-state index contributed by atoms with van der Waals surface area (Å²) in [5, 5.41) is 3.04. The zero-order chi connectivity index (χ0) is 10.7. The number of likely N-dealkylation sites (tertiary alicyclic amines) is 1. The molecule has 1 saturated heterocycles. The molecule has 1 saturated carbocycles. The van der Waals surface area contributed by atoms with Crippen LogP contribution in [0.2, 0.25) is 0 Å². The largest absolute Gasteiger partial charge is 0.335 e. The molecule has 2 aliphatic rings. The maximum Gasteiger partial charge on any atom is 0.317 e. The lowest BCUT2D eigenvalue weighted by Gasteiger charge is -2.32. The monoisotopic (exact) mass is 211 g/mol. The zero-order valence-corrected chi connectivity index (χ0v) is 9.24. The Morgan fingerprint density at radius 3 is 2.87 bits per heavy atom. The second-order valence-electron chi connectivity index (χ2n) is 4.76. The van der Waals surface area contributed by atoms with Gasteiger partial charge in [-0.15, -0.1) is 0 Å². The van der Waals surface area contributed by atoms with E-state index in [-0.39, 0.29) is 6.03 Å². The molecule has 0 aromatic heterocycles. The second-order valence-corrected chi connectivity index (χ2v) is 4.76. The van der Waals surface area contributed by atoms with E-state index in [1.54, 1.807) is 0 Å². The van der Waals surface area contributed by atoms with Crippen molar-refractivity contribution in [3.63, 3.8) is 0 Å². The number of nitrogens with one attached hydrogen (secondary N) is 1. The van der Waals surface area contributed by atoms with Crippen molar-refractivity contribution in [1.82, 2.24) is 10.2 Å². The highest BCUT2D eigenvalue weighted by atomic mass is 16.2. The molecule has 0 aromatic rings. The summed E-state index contributed by atoms with van der Waals surface area (Å²) in [4.78, 5) is 13.7. The minimum atomic E-state index is 0.138. The number of piperidine rings is 1. The Kier molecular flexibility index (Phi) is 3.46. The first-order valence-corrected chi connectivity index (χ1v) is 6.05. The maximum absolute atomic E-state index is 11.8. The van der Waals surface area contributed by atoms with Crippen LogP contribution in [0.15, 0.2) is 0 Å². The number of nitrogens with zero attached hydrogens (tertiary/aromatic N) is 1. The quantitative estimate of drug-likeness (QED) is 0.729. The number of carbonyl (C=O) groups excluding carboxylic acids is 1. The summed E-state index contributed by atoms with van der Waals surface area (Å²) in [6.07, 6.45) is 5.72. The fourth-order valence-electron chi connectivity index (χ4n) is 2.21. The molecule has 1 aliphatic carbocycles. The summed E-state index contributed by atoms with van der Waals surface area (Å²) >= 11 is 0. The van der Waals surface area contributed by atoms with Crippen LogP contribution in [0.5, 0.6) is 0 Å². The molecule has 15 heavy (non-hydrogen) atoms. The van der Waals surface area contributed by atoms with Gasteiger partial charge >= 0.3 is 6.03 Å². The van der Waals surface area contributed by atoms with Crippen molar-refractivity contribution in [2.45, 2.75) is 38.1 Å². The molecule has 2 fully saturated rings. The molecule has 3 N–H and O–H groups in total. The van der Waals surface area contributed by atoms with Crippen LogP contribution in [0.3, 0.4) is 0 Å². The average Bonchev–Trinajstić information content (AvgIpc) is 3.03. The molecule has 1 unspecified atom stereocenters. The van der Waals surface area contributed by atoms with E-state index in [9.17, 15) is 4.79 Å². The molecule has 0 spiro atoms. The van der Waals surface area contributed by atoms with Crippen LogP contribution >= 0.6 is 0 Å². The summed E-state index contributed by atoms with van der Waals surface area (Å²) < 4.78 is 0. The molecular formula is C11H21N3O. The fourth-order valence-corrected chi connectivity index (χ4v) is 2.21. The Bertz CT molecular complexity index is 226. The Labute approximate surface area is 91.2 Å². The van der Waals surface area contributed by atoms with Crippen molar-refractivity contribution in [3.05, 3.63) is 0 Å². The summed E-state index contributed by atoms with van der Waals surface area (Å²) in [5.41, 5.74) is 5.55.